The van der Waals surface area contributed by atoms with Crippen molar-refractivity contribution in [3.8, 4) is 5.75 Å². The molecule has 2 aromatic rings. The van der Waals surface area contributed by atoms with Crippen molar-refractivity contribution in [2.75, 3.05) is 7.11 Å². The van der Waals surface area contributed by atoms with Gasteiger partial charge in [-0.1, -0.05) is 13.0 Å². The molecule has 1 unspecified atom stereocenters. The molecule has 0 spiro atoms. The van der Waals surface area contributed by atoms with Crippen LogP contribution in [-0.4, -0.2) is 12.0 Å². The molecule has 5 nitrogen and oxygen atoms in total. The first kappa shape index (κ1) is 15.5. The van der Waals surface area contributed by atoms with Crippen LogP contribution in [0.15, 0.2) is 35.7 Å². The fourth-order valence-corrected chi connectivity index (χ4v) is 3.07. The molecule has 1 N–H and O–H groups in total. The summed E-state index contributed by atoms with van der Waals surface area (Å²) in [5.41, 5.74) is 0.874. The Morgan fingerprint density at radius 3 is 2.81 bits per heavy atom. The fraction of sp³-hybridized carbons (Fsp3) is 0.333. The van der Waals surface area contributed by atoms with E-state index >= 15 is 0 Å². The predicted octanol–water partition coefficient (Wildman–Crippen LogP) is 3.91. The van der Waals surface area contributed by atoms with Crippen LogP contribution in [-0.2, 0) is 6.54 Å². The van der Waals surface area contributed by atoms with Crippen LogP contribution in [0.1, 0.15) is 29.8 Å². The van der Waals surface area contributed by atoms with Crippen LogP contribution in [0.4, 0.5) is 5.69 Å². The minimum atomic E-state index is -0.389. The minimum Gasteiger partial charge on any atom is -0.496 e. The molecular weight excluding hydrogens is 288 g/mol. The van der Waals surface area contributed by atoms with Gasteiger partial charge in [0.2, 0.25) is 0 Å². The van der Waals surface area contributed by atoms with Crippen molar-refractivity contribution in [2.45, 2.75) is 25.9 Å². The Morgan fingerprint density at radius 1 is 1.43 bits per heavy atom. The summed E-state index contributed by atoms with van der Waals surface area (Å²) in [5, 5.41) is 16.4. The van der Waals surface area contributed by atoms with Crippen molar-refractivity contribution in [3.63, 3.8) is 0 Å². The molecule has 0 fully saturated rings. The summed E-state index contributed by atoms with van der Waals surface area (Å²) in [6.45, 7) is 2.64. The number of nitro benzene ring substituents is 1. The summed E-state index contributed by atoms with van der Waals surface area (Å²) in [5.74, 6) is 0.661. The van der Waals surface area contributed by atoms with E-state index in [1.165, 1.54) is 10.9 Å². The molecule has 0 radical (unpaired) electrons. The number of hydrogen-bond acceptors (Lipinski definition) is 5. The Hall–Kier alpha value is -1.92. The average Bonchev–Trinajstić information content (AvgIpc) is 3.02. The van der Waals surface area contributed by atoms with Gasteiger partial charge in [-0.05, 0) is 23.9 Å². The summed E-state index contributed by atoms with van der Waals surface area (Å²) in [6.07, 6.45) is 0.956. The summed E-state index contributed by atoms with van der Waals surface area (Å²) < 4.78 is 5.28. The van der Waals surface area contributed by atoms with Gasteiger partial charge in [-0.15, -0.1) is 11.3 Å². The second-order valence-corrected chi connectivity index (χ2v) is 5.59. The van der Waals surface area contributed by atoms with Crippen molar-refractivity contribution in [2.24, 2.45) is 0 Å². The number of rotatable bonds is 7. The first-order valence-corrected chi connectivity index (χ1v) is 7.61. The topological polar surface area (TPSA) is 64.4 Å². The number of thiophene rings is 1. The Kier molecular flexibility index (Phi) is 5.30. The molecule has 0 bridgehead atoms. The van der Waals surface area contributed by atoms with Crippen LogP contribution < -0.4 is 10.1 Å². The maximum absolute atomic E-state index is 10.9. The number of hydrogen-bond donors (Lipinski definition) is 1. The molecule has 1 atom stereocenters. The van der Waals surface area contributed by atoms with Crippen molar-refractivity contribution in [3.05, 3.63) is 56.3 Å². The number of non-ortho nitro benzene ring substituents is 1. The average molecular weight is 306 g/mol. The lowest BCUT2D eigenvalue weighted by Crippen LogP contribution is -2.19. The zero-order valence-corrected chi connectivity index (χ0v) is 12.9. The maximum atomic E-state index is 10.9. The molecule has 0 aliphatic heterocycles. The highest BCUT2D eigenvalue weighted by Gasteiger charge is 2.14. The third-order valence-electron chi connectivity index (χ3n) is 3.31. The van der Waals surface area contributed by atoms with Gasteiger partial charge in [0.25, 0.3) is 5.69 Å². The molecule has 0 amide bonds. The monoisotopic (exact) mass is 306 g/mol. The molecule has 1 aromatic heterocycles. The third-order valence-corrected chi connectivity index (χ3v) is 4.29. The van der Waals surface area contributed by atoms with Gasteiger partial charge in [-0.2, -0.15) is 0 Å². The first-order chi connectivity index (χ1) is 10.2. The molecule has 1 heterocycles. The number of benzene rings is 1. The van der Waals surface area contributed by atoms with Gasteiger partial charge in [-0.25, -0.2) is 0 Å². The van der Waals surface area contributed by atoms with Gasteiger partial charge >= 0.3 is 0 Å². The van der Waals surface area contributed by atoms with E-state index in [-0.39, 0.29) is 16.7 Å². The molecule has 0 saturated heterocycles. The Balaban J connectivity index is 2.14. The van der Waals surface area contributed by atoms with E-state index in [4.69, 9.17) is 4.74 Å². The summed E-state index contributed by atoms with van der Waals surface area (Å²) in [7, 11) is 1.57. The largest absolute Gasteiger partial charge is 0.496 e. The zero-order chi connectivity index (χ0) is 15.2. The van der Waals surface area contributed by atoms with Crippen LogP contribution in [0.3, 0.4) is 0 Å². The fourth-order valence-electron chi connectivity index (χ4n) is 2.19. The van der Waals surface area contributed by atoms with Crippen LogP contribution in [0, 0.1) is 10.1 Å². The zero-order valence-electron chi connectivity index (χ0n) is 12.0. The second kappa shape index (κ2) is 7.19. The molecule has 0 saturated carbocycles. The van der Waals surface area contributed by atoms with E-state index in [2.05, 4.69) is 18.3 Å². The Labute approximate surface area is 127 Å². The third kappa shape index (κ3) is 3.80. The van der Waals surface area contributed by atoms with Crippen molar-refractivity contribution >= 4 is 17.0 Å². The molecule has 0 aliphatic rings. The SMILES string of the molecule is CCC(NCc1cc([N+](=O)[O-])ccc1OC)c1cccs1. The van der Waals surface area contributed by atoms with E-state index < -0.39 is 0 Å². The van der Waals surface area contributed by atoms with Gasteiger partial charge in [0, 0.05) is 35.2 Å². The van der Waals surface area contributed by atoms with Crippen molar-refractivity contribution in [1.29, 1.82) is 0 Å². The molecular formula is C15H18N2O3S. The van der Waals surface area contributed by atoms with E-state index in [0.717, 1.165) is 12.0 Å². The molecule has 112 valence electrons. The van der Waals surface area contributed by atoms with Gasteiger partial charge in [0.15, 0.2) is 0 Å². The van der Waals surface area contributed by atoms with Crippen LogP contribution in [0.25, 0.3) is 0 Å². The van der Waals surface area contributed by atoms with Gasteiger partial charge < -0.3 is 10.1 Å². The van der Waals surface area contributed by atoms with Crippen molar-refractivity contribution < 1.29 is 9.66 Å². The Morgan fingerprint density at radius 2 is 2.24 bits per heavy atom. The van der Waals surface area contributed by atoms with Gasteiger partial charge in [0.1, 0.15) is 5.75 Å². The van der Waals surface area contributed by atoms with Crippen molar-refractivity contribution in [1.82, 2.24) is 5.32 Å². The lowest BCUT2D eigenvalue weighted by Gasteiger charge is -2.16. The summed E-state index contributed by atoms with van der Waals surface area (Å²) in [4.78, 5) is 11.8. The van der Waals surface area contributed by atoms with Crippen LogP contribution in [0.5, 0.6) is 5.75 Å². The van der Waals surface area contributed by atoms with E-state index in [9.17, 15) is 10.1 Å². The second-order valence-electron chi connectivity index (χ2n) is 4.61. The minimum absolute atomic E-state index is 0.0803. The summed E-state index contributed by atoms with van der Waals surface area (Å²) >= 11 is 1.71. The number of nitrogens with zero attached hydrogens (tertiary/aromatic N) is 1. The van der Waals surface area contributed by atoms with Crippen LogP contribution in [0.2, 0.25) is 0 Å². The molecule has 1 aromatic carbocycles. The lowest BCUT2D eigenvalue weighted by molar-refractivity contribution is -0.384. The highest BCUT2D eigenvalue weighted by molar-refractivity contribution is 7.10. The van der Waals surface area contributed by atoms with Crippen LogP contribution >= 0.6 is 11.3 Å². The van der Waals surface area contributed by atoms with E-state index in [1.54, 1.807) is 30.6 Å². The lowest BCUT2D eigenvalue weighted by atomic mass is 10.1. The first-order valence-electron chi connectivity index (χ1n) is 6.73. The van der Waals surface area contributed by atoms with E-state index in [1.807, 2.05) is 11.4 Å². The highest BCUT2D eigenvalue weighted by Crippen LogP contribution is 2.26. The number of nitrogens with one attached hydrogen (secondary N) is 1. The normalized spacial score (nSPS) is 12.1. The highest BCUT2D eigenvalue weighted by atomic mass is 32.1. The number of methoxy groups -OCH3 is 1. The smallest absolute Gasteiger partial charge is 0.270 e. The standard InChI is InChI=1S/C15H18N2O3S/c1-3-13(15-5-4-8-21-15)16-10-11-9-12(17(18)19)6-7-14(11)20-2/h4-9,13,16H,3,10H2,1-2H3. The number of nitro groups is 1. The molecule has 21 heavy (non-hydrogen) atoms. The van der Waals surface area contributed by atoms with Gasteiger partial charge in [-0.3, -0.25) is 10.1 Å². The summed E-state index contributed by atoms with van der Waals surface area (Å²) in [6, 6.07) is 9.02. The molecule has 0 aliphatic carbocycles. The van der Waals surface area contributed by atoms with Gasteiger partial charge in [0.05, 0.1) is 12.0 Å². The Bertz CT molecular complexity index is 599. The predicted molar refractivity (Wildman–Crippen MR) is 83.8 cm³/mol. The number of ether oxygens (including phenoxy) is 1. The maximum Gasteiger partial charge on any atom is 0.270 e. The molecule has 2 rings (SSSR count). The molecule has 6 heteroatoms. The quantitative estimate of drug-likeness (QED) is 0.622. The van der Waals surface area contributed by atoms with E-state index in [0.29, 0.717) is 12.3 Å².